The standard InChI is InChI=1S/C11H24N2O2/c1-3-5-6-10(12)11(15)13-8-7-9(14)4-2/h9-10,14H,3-8,12H2,1-2H3,(H,13,15). The first-order valence-electron chi connectivity index (χ1n) is 5.83. The van der Waals surface area contributed by atoms with E-state index in [1.54, 1.807) is 0 Å². The molecule has 0 fully saturated rings. The van der Waals surface area contributed by atoms with E-state index < -0.39 is 6.04 Å². The van der Waals surface area contributed by atoms with Gasteiger partial charge in [0.25, 0.3) is 0 Å². The van der Waals surface area contributed by atoms with Crippen LogP contribution in [0, 0.1) is 0 Å². The zero-order chi connectivity index (χ0) is 11.7. The summed E-state index contributed by atoms with van der Waals surface area (Å²) in [5.74, 6) is -0.105. The summed E-state index contributed by atoms with van der Waals surface area (Å²) < 4.78 is 0. The van der Waals surface area contributed by atoms with Crippen LogP contribution in [0.1, 0.15) is 46.0 Å². The molecule has 0 aromatic heterocycles. The van der Waals surface area contributed by atoms with Gasteiger partial charge in [0.2, 0.25) is 5.91 Å². The maximum Gasteiger partial charge on any atom is 0.236 e. The second-order valence-corrected chi connectivity index (χ2v) is 3.89. The Hall–Kier alpha value is -0.610. The zero-order valence-corrected chi connectivity index (χ0v) is 9.83. The highest BCUT2D eigenvalue weighted by molar-refractivity contribution is 5.81. The molecule has 4 heteroatoms. The summed E-state index contributed by atoms with van der Waals surface area (Å²) in [4.78, 5) is 11.4. The summed E-state index contributed by atoms with van der Waals surface area (Å²) in [5, 5.41) is 12.0. The van der Waals surface area contributed by atoms with E-state index in [0.717, 1.165) is 25.7 Å². The largest absolute Gasteiger partial charge is 0.393 e. The molecule has 0 heterocycles. The lowest BCUT2D eigenvalue weighted by Gasteiger charge is -2.13. The molecule has 0 rings (SSSR count). The molecule has 2 atom stereocenters. The van der Waals surface area contributed by atoms with Crippen LogP contribution < -0.4 is 11.1 Å². The fourth-order valence-electron chi connectivity index (χ4n) is 1.25. The molecule has 0 aromatic rings. The molecule has 0 aliphatic carbocycles. The molecule has 0 aromatic carbocycles. The summed E-state index contributed by atoms with van der Waals surface area (Å²) in [6.07, 6.45) is 3.76. The van der Waals surface area contributed by atoms with Crippen molar-refractivity contribution < 1.29 is 9.90 Å². The van der Waals surface area contributed by atoms with Crippen molar-refractivity contribution in [3.05, 3.63) is 0 Å². The van der Waals surface area contributed by atoms with Crippen LogP contribution in [0.5, 0.6) is 0 Å². The van der Waals surface area contributed by atoms with Gasteiger partial charge < -0.3 is 16.2 Å². The van der Waals surface area contributed by atoms with Crippen LogP contribution in [0.25, 0.3) is 0 Å². The lowest BCUT2D eigenvalue weighted by atomic mass is 10.1. The predicted molar refractivity (Wildman–Crippen MR) is 61.4 cm³/mol. The van der Waals surface area contributed by atoms with Crippen LogP contribution >= 0.6 is 0 Å². The van der Waals surface area contributed by atoms with Crippen molar-refractivity contribution in [3.8, 4) is 0 Å². The molecular weight excluding hydrogens is 192 g/mol. The van der Waals surface area contributed by atoms with Gasteiger partial charge in [-0.05, 0) is 19.3 Å². The molecule has 0 radical (unpaired) electrons. The SMILES string of the molecule is CCCCC(N)C(=O)NCCC(O)CC. The van der Waals surface area contributed by atoms with Crippen LogP contribution in [-0.4, -0.2) is 29.7 Å². The van der Waals surface area contributed by atoms with E-state index >= 15 is 0 Å². The predicted octanol–water partition coefficient (Wildman–Crippen LogP) is 0.781. The van der Waals surface area contributed by atoms with E-state index in [1.165, 1.54) is 0 Å². The molecule has 90 valence electrons. The van der Waals surface area contributed by atoms with Gasteiger partial charge in [0.05, 0.1) is 12.1 Å². The Morgan fingerprint density at radius 2 is 2.07 bits per heavy atom. The quantitative estimate of drug-likeness (QED) is 0.561. The Labute approximate surface area is 92.2 Å². The van der Waals surface area contributed by atoms with Gasteiger partial charge in [0.15, 0.2) is 0 Å². The Kier molecular flexibility index (Phi) is 8.33. The Morgan fingerprint density at radius 1 is 1.40 bits per heavy atom. The lowest BCUT2D eigenvalue weighted by molar-refractivity contribution is -0.122. The van der Waals surface area contributed by atoms with Gasteiger partial charge in [-0.1, -0.05) is 26.7 Å². The molecule has 4 nitrogen and oxygen atoms in total. The summed E-state index contributed by atoms with van der Waals surface area (Å²) in [6.45, 7) is 4.50. The van der Waals surface area contributed by atoms with Crippen molar-refractivity contribution in [1.29, 1.82) is 0 Å². The Morgan fingerprint density at radius 3 is 2.60 bits per heavy atom. The molecule has 0 aliphatic heterocycles. The van der Waals surface area contributed by atoms with Crippen LogP contribution in [0.15, 0.2) is 0 Å². The minimum absolute atomic E-state index is 0.105. The molecule has 0 saturated carbocycles. The zero-order valence-electron chi connectivity index (χ0n) is 9.83. The highest BCUT2D eigenvalue weighted by Crippen LogP contribution is 1.99. The van der Waals surface area contributed by atoms with Crippen LogP contribution in [0.3, 0.4) is 0 Å². The minimum Gasteiger partial charge on any atom is -0.393 e. The van der Waals surface area contributed by atoms with Crippen molar-refractivity contribution in [2.24, 2.45) is 5.73 Å². The van der Waals surface area contributed by atoms with Crippen molar-refractivity contribution >= 4 is 5.91 Å². The van der Waals surface area contributed by atoms with Gasteiger partial charge in [-0.2, -0.15) is 0 Å². The number of unbranched alkanes of at least 4 members (excludes halogenated alkanes) is 1. The van der Waals surface area contributed by atoms with E-state index in [4.69, 9.17) is 5.73 Å². The molecule has 15 heavy (non-hydrogen) atoms. The first-order valence-corrected chi connectivity index (χ1v) is 5.83. The normalized spacial score (nSPS) is 14.7. The van der Waals surface area contributed by atoms with Gasteiger partial charge in [0.1, 0.15) is 0 Å². The first kappa shape index (κ1) is 14.4. The van der Waals surface area contributed by atoms with Crippen molar-refractivity contribution in [3.63, 3.8) is 0 Å². The van der Waals surface area contributed by atoms with Crippen molar-refractivity contribution in [2.75, 3.05) is 6.54 Å². The third-order valence-electron chi connectivity index (χ3n) is 2.45. The number of rotatable bonds is 8. The topological polar surface area (TPSA) is 75.4 Å². The molecule has 2 unspecified atom stereocenters. The van der Waals surface area contributed by atoms with E-state index in [1.807, 2.05) is 6.92 Å². The average Bonchev–Trinajstić information content (AvgIpc) is 2.25. The highest BCUT2D eigenvalue weighted by atomic mass is 16.3. The number of carbonyl (C=O) groups excluding carboxylic acids is 1. The molecule has 0 saturated heterocycles. The van der Waals surface area contributed by atoms with Gasteiger partial charge in [-0.25, -0.2) is 0 Å². The van der Waals surface area contributed by atoms with Crippen LogP contribution in [-0.2, 0) is 4.79 Å². The summed E-state index contributed by atoms with van der Waals surface area (Å²) in [6, 6.07) is -0.399. The number of hydrogen-bond donors (Lipinski definition) is 3. The lowest BCUT2D eigenvalue weighted by Crippen LogP contribution is -2.41. The van der Waals surface area contributed by atoms with Gasteiger partial charge in [-0.15, -0.1) is 0 Å². The summed E-state index contributed by atoms with van der Waals surface area (Å²) in [7, 11) is 0. The monoisotopic (exact) mass is 216 g/mol. The Bertz CT molecular complexity index is 174. The number of hydrogen-bond acceptors (Lipinski definition) is 3. The number of aliphatic hydroxyl groups excluding tert-OH is 1. The third kappa shape index (κ3) is 7.33. The molecule has 0 aliphatic rings. The highest BCUT2D eigenvalue weighted by Gasteiger charge is 2.12. The second-order valence-electron chi connectivity index (χ2n) is 3.89. The summed E-state index contributed by atoms with van der Waals surface area (Å²) in [5.41, 5.74) is 5.68. The van der Waals surface area contributed by atoms with Gasteiger partial charge in [-0.3, -0.25) is 4.79 Å². The third-order valence-corrected chi connectivity index (χ3v) is 2.45. The second kappa shape index (κ2) is 8.68. The molecule has 0 spiro atoms. The van der Waals surface area contributed by atoms with E-state index in [2.05, 4.69) is 12.2 Å². The van der Waals surface area contributed by atoms with Crippen molar-refractivity contribution in [2.45, 2.75) is 58.1 Å². The van der Waals surface area contributed by atoms with E-state index in [0.29, 0.717) is 13.0 Å². The molecule has 1 amide bonds. The molecular formula is C11H24N2O2. The number of amides is 1. The maximum atomic E-state index is 11.4. The van der Waals surface area contributed by atoms with Crippen LogP contribution in [0.4, 0.5) is 0 Å². The summed E-state index contributed by atoms with van der Waals surface area (Å²) >= 11 is 0. The van der Waals surface area contributed by atoms with Gasteiger partial charge in [0, 0.05) is 6.54 Å². The first-order chi connectivity index (χ1) is 7.11. The van der Waals surface area contributed by atoms with E-state index in [-0.39, 0.29) is 12.0 Å². The number of nitrogens with two attached hydrogens (primary N) is 1. The smallest absolute Gasteiger partial charge is 0.236 e. The maximum absolute atomic E-state index is 11.4. The fourth-order valence-corrected chi connectivity index (χ4v) is 1.25. The Balaban J connectivity index is 3.55. The number of carbonyl (C=O) groups is 1. The fraction of sp³-hybridized carbons (Fsp3) is 0.909. The van der Waals surface area contributed by atoms with Crippen molar-refractivity contribution in [1.82, 2.24) is 5.32 Å². The molecule has 4 N–H and O–H groups in total. The number of nitrogens with one attached hydrogen (secondary N) is 1. The average molecular weight is 216 g/mol. The number of aliphatic hydroxyl groups is 1. The van der Waals surface area contributed by atoms with E-state index in [9.17, 15) is 9.90 Å². The molecule has 0 bridgehead atoms. The van der Waals surface area contributed by atoms with Crippen LogP contribution in [0.2, 0.25) is 0 Å². The van der Waals surface area contributed by atoms with Gasteiger partial charge >= 0.3 is 0 Å². The minimum atomic E-state index is -0.399.